The molecule has 0 amide bonds. The molecule has 0 N–H and O–H groups in total. The van der Waals surface area contributed by atoms with Crippen molar-refractivity contribution in [2.75, 3.05) is 0 Å². The van der Waals surface area contributed by atoms with Crippen LogP contribution in [0.5, 0.6) is 0 Å². The highest BCUT2D eigenvalue weighted by Gasteiger charge is 2.24. The van der Waals surface area contributed by atoms with Crippen molar-refractivity contribution in [1.29, 1.82) is 0 Å². The van der Waals surface area contributed by atoms with Crippen molar-refractivity contribution in [1.82, 2.24) is 0 Å². The Morgan fingerprint density at radius 3 is 1.47 bits per heavy atom. The third kappa shape index (κ3) is 7.32. The van der Waals surface area contributed by atoms with Crippen LogP contribution in [0.15, 0.2) is 72.8 Å². The molecule has 0 bridgehead atoms. The van der Waals surface area contributed by atoms with Gasteiger partial charge in [-0.3, -0.25) is 0 Å². The number of nitrogens with zero attached hydrogens (tertiary/aromatic N) is 1. The van der Waals surface area contributed by atoms with Crippen LogP contribution in [0.4, 0.5) is 17.3 Å². The highest BCUT2D eigenvalue weighted by atomic mass is 19.5. The van der Waals surface area contributed by atoms with Gasteiger partial charge in [0, 0.05) is 29.5 Å². The second kappa shape index (κ2) is 10.4. The molecule has 6 heteroatoms. The zero-order valence-corrected chi connectivity index (χ0v) is 17.8. The molecule has 1 nitrogen and oxygen atoms in total. The fourth-order valence-corrected chi connectivity index (χ4v) is 3.37. The van der Waals surface area contributed by atoms with E-state index in [-0.39, 0.29) is 0 Å². The van der Waals surface area contributed by atoms with E-state index in [9.17, 15) is 17.3 Å². The molecule has 160 valence electrons. The first-order valence-corrected chi connectivity index (χ1v) is 10.1. The van der Waals surface area contributed by atoms with Crippen LogP contribution in [0.2, 0.25) is 0 Å². The Bertz CT molecular complexity index is 888. The van der Waals surface area contributed by atoms with Crippen LogP contribution < -0.4 is 4.57 Å². The molecule has 0 atom stereocenters. The normalized spacial score (nSPS) is 11.4. The molecule has 0 fully saturated rings. The van der Waals surface area contributed by atoms with Crippen molar-refractivity contribution < 1.29 is 21.8 Å². The molecule has 0 radical (unpaired) electrons. The van der Waals surface area contributed by atoms with Crippen LogP contribution in [0.3, 0.4) is 0 Å². The molecule has 3 rings (SSSR count). The summed E-state index contributed by atoms with van der Waals surface area (Å²) in [5, 5.41) is 0. The van der Waals surface area contributed by atoms with Crippen LogP contribution in [0.25, 0.3) is 11.1 Å². The lowest BCUT2D eigenvalue weighted by Gasteiger charge is -2.16. The maximum absolute atomic E-state index is 9.75. The van der Waals surface area contributed by atoms with Gasteiger partial charge < -0.3 is 17.3 Å². The van der Waals surface area contributed by atoms with Crippen molar-refractivity contribution in [3.63, 3.8) is 0 Å². The molecule has 0 spiro atoms. The molecule has 2 aromatic carbocycles. The van der Waals surface area contributed by atoms with Gasteiger partial charge in [-0.25, -0.2) is 0 Å². The minimum atomic E-state index is -6.00. The third-order valence-electron chi connectivity index (χ3n) is 4.70. The average molecular weight is 417 g/mol. The molecule has 0 aliphatic rings. The molecular weight excluding hydrogens is 389 g/mol. The summed E-state index contributed by atoms with van der Waals surface area (Å²) >= 11 is 0. The minimum Gasteiger partial charge on any atom is -0.418 e. The van der Waals surface area contributed by atoms with E-state index in [0.29, 0.717) is 11.8 Å². The molecule has 1 aromatic heterocycles. The molecule has 0 saturated heterocycles. The second-order valence-electron chi connectivity index (χ2n) is 7.84. The lowest BCUT2D eigenvalue weighted by Crippen LogP contribution is -2.44. The molecule has 0 aliphatic heterocycles. The lowest BCUT2D eigenvalue weighted by atomic mass is 9.96. The van der Waals surface area contributed by atoms with E-state index in [1.807, 2.05) is 0 Å². The average Bonchev–Trinajstić information content (AvgIpc) is 2.68. The first kappa shape index (κ1) is 23.7. The van der Waals surface area contributed by atoms with Gasteiger partial charge >= 0.3 is 7.25 Å². The van der Waals surface area contributed by atoms with E-state index in [4.69, 9.17) is 0 Å². The van der Waals surface area contributed by atoms with Crippen molar-refractivity contribution in [2.24, 2.45) is 0 Å². The van der Waals surface area contributed by atoms with Gasteiger partial charge in [0.05, 0.1) is 0 Å². The molecular formula is C24H28BF4N. The van der Waals surface area contributed by atoms with E-state index in [1.165, 1.54) is 28.1 Å². The number of halogens is 4. The number of hydrogen-bond donors (Lipinski definition) is 0. The zero-order valence-electron chi connectivity index (χ0n) is 17.8. The number of pyridine rings is 1. The summed E-state index contributed by atoms with van der Waals surface area (Å²) in [5.41, 5.74) is 6.75. The van der Waals surface area contributed by atoms with Gasteiger partial charge in [0.2, 0.25) is 0 Å². The van der Waals surface area contributed by atoms with Crippen LogP contribution in [-0.4, -0.2) is 7.25 Å². The minimum absolute atomic E-state index is 0.477. The molecule has 30 heavy (non-hydrogen) atoms. The maximum Gasteiger partial charge on any atom is 0.673 e. The molecule has 1 heterocycles. The molecule has 0 aliphatic carbocycles. The summed E-state index contributed by atoms with van der Waals surface area (Å²) in [7, 11) is -6.00. The smallest absolute Gasteiger partial charge is 0.418 e. The second-order valence-corrected chi connectivity index (χ2v) is 7.84. The fraction of sp³-hybridized carbons (Fsp3) is 0.292. The largest absolute Gasteiger partial charge is 0.673 e. The van der Waals surface area contributed by atoms with E-state index in [1.54, 1.807) is 0 Å². The number of rotatable bonds is 5. The van der Waals surface area contributed by atoms with Gasteiger partial charge in [0.25, 0.3) is 0 Å². The van der Waals surface area contributed by atoms with Crippen molar-refractivity contribution >= 4 is 7.25 Å². The number of benzene rings is 2. The molecule has 3 aromatic rings. The first-order valence-electron chi connectivity index (χ1n) is 10.1. The van der Waals surface area contributed by atoms with E-state index in [0.717, 1.165) is 6.54 Å². The monoisotopic (exact) mass is 417 g/mol. The highest BCUT2D eigenvalue weighted by molar-refractivity contribution is 6.50. The highest BCUT2D eigenvalue weighted by Crippen LogP contribution is 2.26. The van der Waals surface area contributed by atoms with Gasteiger partial charge in [0.1, 0.15) is 0 Å². The SMILES string of the molecule is CC(C)c1cc(-c2ccccc2)cc(C(C)C)[n+]1Cc1ccccc1.F[B-](F)(F)F. The Kier molecular flexibility index (Phi) is 8.21. The molecule has 0 unspecified atom stereocenters. The van der Waals surface area contributed by atoms with Gasteiger partial charge in [-0.15, -0.1) is 0 Å². The number of aromatic nitrogens is 1. The Balaban J connectivity index is 0.000000575. The lowest BCUT2D eigenvalue weighted by molar-refractivity contribution is -0.704. The predicted octanol–water partition coefficient (Wildman–Crippen LogP) is 7.24. The van der Waals surface area contributed by atoms with Gasteiger partial charge in [-0.1, -0.05) is 88.4 Å². The summed E-state index contributed by atoms with van der Waals surface area (Å²) in [6.45, 7) is 10.1. The van der Waals surface area contributed by atoms with Crippen LogP contribution in [0, 0.1) is 0 Å². The topological polar surface area (TPSA) is 3.88 Å². The van der Waals surface area contributed by atoms with Crippen molar-refractivity contribution in [3.05, 3.63) is 89.7 Å². The van der Waals surface area contributed by atoms with Gasteiger partial charge in [-0.05, 0) is 11.1 Å². The van der Waals surface area contributed by atoms with Gasteiger partial charge in [0.15, 0.2) is 17.9 Å². The summed E-state index contributed by atoms with van der Waals surface area (Å²) in [6, 6.07) is 26.2. The quantitative estimate of drug-likeness (QED) is 0.234. The van der Waals surface area contributed by atoms with Crippen LogP contribution >= 0.6 is 0 Å². The Morgan fingerprint density at radius 2 is 1.07 bits per heavy atom. The Hall–Kier alpha value is -2.63. The maximum atomic E-state index is 9.75. The summed E-state index contributed by atoms with van der Waals surface area (Å²) in [4.78, 5) is 0. The van der Waals surface area contributed by atoms with Crippen LogP contribution in [-0.2, 0) is 6.54 Å². The van der Waals surface area contributed by atoms with E-state index >= 15 is 0 Å². The molecule has 0 saturated carbocycles. The third-order valence-corrected chi connectivity index (χ3v) is 4.70. The summed E-state index contributed by atoms with van der Waals surface area (Å²) in [6.07, 6.45) is 0. The fourth-order valence-electron chi connectivity index (χ4n) is 3.37. The summed E-state index contributed by atoms with van der Waals surface area (Å²) < 4.78 is 41.5. The van der Waals surface area contributed by atoms with Crippen LogP contribution in [0.1, 0.15) is 56.5 Å². The van der Waals surface area contributed by atoms with Gasteiger partial charge in [-0.2, -0.15) is 4.57 Å². The Morgan fingerprint density at radius 1 is 0.667 bits per heavy atom. The predicted molar refractivity (Wildman–Crippen MR) is 116 cm³/mol. The number of hydrogen-bond acceptors (Lipinski definition) is 0. The Labute approximate surface area is 176 Å². The standard InChI is InChI=1S/C24H28N.BF4/c1-18(2)23-15-22(21-13-9-6-10-14-21)16-24(19(3)4)25(23)17-20-11-7-5-8-12-20;2-1(3,4)5/h5-16,18-19H,17H2,1-4H3;/q+1;-1. The van der Waals surface area contributed by atoms with E-state index in [2.05, 4.69) is 105 Å². The first-order chi connectivity index (χ1) is 14.1. The summed E-state index contributed by atoms with van der Waals surface area (Å²) in [5.74, 6) is 0.953. The van der Waals surface area contributed by atoms with Crippen molar-refractivity contribution in [3.8, 4) is 11.1 Å². The van der Waals surface area contributed by atoms with E-state index < -0.39 is 7.25 Å². The zero-order chi connectivity index (χ0) is 22.3. The van der Waals surface area contributed by atoms with Crippen molar-refractivity contribution in [2.45, 2.75) is 46.1 Å².